The number of carbonyl (C=O) groups is 2. The standard InChI is InChI=1S/C25H29ClFNO7/c1-4-6-16(33-3)9-15(27)10-24-28-14-18(25(30)31)21(29)12-20(28)17-11-19(26)23(13-22(17)35-24)34-8-5-7-32-2/h6,9,11-13,18,24H,4-5,7-8,10,14H2,1-3H3,(H,30,31)/b15-9+,16-6+. The van der Waals surface area contributed by atoms with Gasteiger partial charge in [-0.25, -0.2) is 4.39 Å². The summed E-state index contributed by atoms with van der Waals surface area (Å²) in [4.78, 5) is 25.8. The predicted molar refractivity (Wildman–Crippen MR) is 128 cm³/mol. The molecule has 2 unspecified atom stereocenters. The topological polar surface area (TPSA) is 94.5 Å². The molecule has 0 bridgehead atoms. The van der Waals surface area contributed by atoms with Crippen LogP contribution in [0.3, 0.4) is 0 Å². The Morgan fingerprint density at radius 3 is 2.77 bits per heavy atom. The average molecular weight is 510 g/mol. The first kappa shape index (κ1) is 26.6. The number of aliphatic carboxylic acids is 1. The van der Waals surface area contributed by atoms with E-state index in [0.717, 1.165) is 0 Å². The molecule has 0 amide bonds. The Labute approximate surface area is 208 Å². The highest BCUT2D eigenvalue weighted by atomic mass is 35.5. The molecule has 2 aliphatic rings. The van der Waals surface area contributed by atoms with Gasteiger partial charge >= 0.3 is 5.97 Å². The minimum absolute atomic E-state index is 0.161. The zero-order chi connectivity index (χ0) is 25.5. The highest BCUT2D eigenvalue weighted by Gasteiger charge is 2.41. The molecule has 2 aliphatic heterocycles. The van der Waals surface area contributed by atoms with Crippen LogP contribution in [0.2, 0.25) is 5.02 Å². The minimum atomic E-state index is -1.29. The van der Waals surface area contributed by atoms with Crippen molar-refractivity contribution >= 4 is 29.1 Å². The molecular weight excluding hydrogens is 481 g/mol. The maximum Gasteiger partial charge on any atom is 0.316 e. The van der Waals surface area contributed by atoms with E-state index in [9.17, 15) is 19.1 Å². The van der Waals surface area contributed by atoms with E-state index >= 15 is 0 Å². The number of hydrogen-bond donors (Lipinski definition) is 1. The van der Waals surface area contributed by atoms with Gasteiger partial charge in [-0.2, -0.15) is 0 Å². The van der Waals surface area contributed by atoms with Gasteiger partial charge in [-0.15, -0.1) is 0 Å². The first-order valence-electron chi connectivity index (χ1n) is 11.3. The van der Waals surface area contributed by atoms with Crippen LogP contribution in [-0.2, 0) is 19.1 Å². The second-order valence-electron chi connectivity index (χ2n) is 8.04. The molecule has 0 fully saturated rings. The third kappa shape index (κ3) is 6.35. The zero-order valence-corrected chi connectivity index (χ0v) is 20.6. The van der Waals surface area contributed by atoms with E-state index in [0.29, 0.717) is 59.6 Å². The van der Waals surface area contributed by atoms with Crippen LogP contribution in [0.15, 0.2) is 41.9 Å². The van der Waals surface area contributed by atoms with Crippen molar-refractivity contribution in [3.05, 3.63) is 52.5 Å². The number of methoxy groups -OCH3 is 2. The van der Waals surface area contributed by atoms with E-state index in [-0.39, 0.29) is 13.0 Å². The summed E-state index contributed by atoms with van der Waals surface area (Å²) in [5.41, 5.74) is 0.927. The SMILES string of the molecule is CC/C=C(\C=C(\F)CC1Oc2cc(OCCCOC)c(Cl)cc2C2=CC(=O)C(C(=O)O)CN21)OC. The molecular formula is C25H29ClFNO7. The Morgan fingerprint density at radius 1 is 1.34 bits per heavy atom. The van der Waals surface area contributed by atoms with E-state index in [1.54, 1.807) is 30.2 Å². The third-order valence-corrected chi connectivity index (χ3v) is 5.89. The van der Waals surface area contributed by atoms with Gasteiger partial charge in [0.2, 0.25) is 0 Å². The Morgan fingerprint density at radius 2 is 2.11 bits per heavy atom. The number of carboxylic acid groups (broad SMARTS) is 1. The minimum Gasteiger partial charge on any atom is -0.497 e. The Kier molecular flexibility index (Phi) is 9.17. The Hall–Kier alpha value is -3.04. The van der Waals surface area contributed by atoms with Crippen LogP contribution in [0.1, 0.15) is 31.7 Å². The number of hydrogen-bond acceptors (Lipinski definition) is 7. The lowest BCUT2D eigenvalue weighted by Crippen LogP contribution is -2.49. The lowest BCUT2D eigenvalue weighted by atomic mass is 9.93. The molecule has 2 atom stereocenters. The maximum absolute atomic E-state index is 15.0. The molecule has 0 aromatic heterocycles. The number of carboxylic acids is 1. The van der Waals surface area contributed by atoms with Crippen molar-refractivity contribution in [1.29, 1.82) is 0 Å². The number of ether oxygens (including phenoxy) is 4. The molecule has 0 aliphatic carbocycles. The van der Waals surface area contributed by atoms with Crippen LogP contribution in [0, 0.1) is 5.92 Å². The van der Waals surface area contributed by atoms with Gasteiger partial charge in [0.25, 0.3) is 0 Å². The first-order chi connectivity index (χ1) is 16.8. The molecule has 0 saturated carbocycles. The van der Waals surface area contributed by atoms with E-state index in [1.165, 1.54) is 19.3 Å². The molecule has 0 radical (unpaired) electrons. The third-order valence-electron chi connectivity index (χ3n) is 5.59. The second kappa shape index (κ2) is 12.1. The van der Waals surface area contributed by atoms with E-state index in [2.05, 4.69) is 0 Å². The molecule has 0 saturated heterocycles. The summed E-state index contributed by atoms with van der Waals surface area (Å²) >= 11 is 6.42. The number of benzene rings is 1. The molecule has 0 spiro atoms. The summed E-state index contributed by atoms with van der Waals surface area (Å²) in [6.45, 7) is 2.63. The summed E-state index contributed by atoms with van der Waals surface area (Å²) < 4.78 is 37.0. The Balaban J connectivity index is 1.97. The molecule has 3 rings (SSSR count). The highest BCUT2D eigenvalue weighted by Crippen LogP contribution is 2.44. The fraction of sp³-hybridized carbons (Fsp3) is 0.440. The zero-order valence-electron chi connectivity index (χ0n) is 19.9. The van der Waals surface area contributed by atoms with Crippen molar-refractivity contribution in [2.24, 2.45) is 5.92 Å². The van der Waals surface area contributed by atoms with E-state index in [4.69, 9.17) is 30.5 Å². The summed E-state index contributed by atoms with van der Waals surface area (Å²) in [6.07, 6.45) is 4.47. The number of allylic oxidation sites excluding steroid dienone is 3. The van der Waals surface area contributed by atoms with Crippen molar-refractivity contribution in [1.82, 2.24) is 4.90 Å². The molecule has 190 valence electrons. The number of halogens is 2. The maximum atomic E-state index is 15.0. The highest BCUT2D eigenvalue weighted by molar-refractivity contribution is 6.32. The molecule has 2 heterocycles. The van der Waals surface area contributed by atoms with Crippen molar-refractivity contribution in [3.63, 3.8) is 0 Å². The van der Waals surface area contributed by atoms with Gasteiger partial charge in [-0.3, -0.25) is 9.59 Å². The van der Waals surface area contributed by atoms with Gasteiger partial charge in [-0.1, -0.05) is 18.5 Å². The first-order valence-corrected chi connectivity index (χ1v) is 11.6. The van der Waals surface area contributed by atoms with Gasteiger partial charge in [0.15, 0.2) is 12.0 Å². The fourth-order valence-corrected chi connectivity index (χ4v) is 4.10. The van der Waals surface area contributed by atoms with Crippen LogP contribution >= 0.6 is 11.6 Å². The fourth-order valence-electron chi connectivity index (χ4n) is 3.88. The van der Waals surface area contributed by atoms with Gasteiger partial charge in [0.1, 0.15) is 29.0 Å². The van der Waals surface area contributed by atoms with Crippen molar-refractivity contribution in [2.45, 2.75) is 32.4 Å². The van der Waals surface area contributed by atoms with Crippen LogP contribution in [0.25, 0.3) is 5.70 Å². The quantitative estimate of drug-likeness (QED) is 0.200. The largest absolute Gasteiger partial charge is 0.497 e. The Bertz CT molecular complexity index is 1050. The molecule has 35 heavy (non-hydrogen) atoms. The molecule has 1 aromatic rings. The van der Waals surface area contributed by atoms with Crippen LogP contribution in [0.5, 0.6) is 11.5 Å². The molecule has 1 aromatic carbocycles. The predicted octanol–water partition coefficient (Wildman–Crippen LogP) is 4.58. The van der Waals surface area contributed by atoms with E-state index in [1.807, 2.05) is 6.92 Å². The van der Waals surface area contributed by atoms with Crippen molar-refractivity contribution in [2.75, 3.05) is 34.0 Å². The molecule has 8 nitrogen and oxygen atoms in total. The molecule has 1 N–H and O–H groups in total. The normalized spacial score (nSPS) is 20.0. The second-order valence-corrected chi connectivity index (χ2v) is 8.44. The monoisotopic (exact) mass is 509 g/mol. The summed E-state index contributed by atoms with van der Waals surface area (Å²) in [5, 5.41) is 9.80. The average Bonchev–Trinajstić information content (AvgIpc) is 2.81. The number of rotatable bonds is 11. The van der Waals surface area contributed by atoms with Crippen LogP contribution < -0.4 is 9.47 Å². The number of carbonyl (C=O) groups excluding carboxylic acids is 1. The van der Waals surface area contributed by atoms with Gasteiger partial charge < -0.3 is 29.0 Å². The van der Waals surface area contributed by atoms with Crippen LogP contribution in [-0.4, -0.2) is 62.0 Å². The lowest BCUT2D eigenvalue weighted by molar-refractivity contribution is -0.146. The smallest absolute Gasteiger partial charge is 0.316 e. The summed E-state index contributed by atoms with van der Waals surface area (Å²) in [5.74, 6) is -2.50. The molecule has 10 heteroatoms. The number of ketones is 1. The van der Waals surface area contributed by atoms with Gasteiger partial charge in [0, 0.05) is 50.5 Å². The lowest BCUT2D eigenvalue weighted by Gasteiger charge is -2.43. The van der Waals surface area contributed by atoms with E-state index < -0.39 is 29.7 Å². The number of nitrogens with zero attached hydrogens (tertiary/aromatic N) is 1. The van der Waals surface area contributed by atoms with Crippen LogP contribution in [0.4, 0.5) is 4.39 Å². The van der Waals surface area contributed by atoms with Crippen molar-refractivity contribution in [3.8, 4) is 11.5 Å². The number of fused-ring (bicyclic) bond motifs is 3. The van der Waals surface area contributed by atoms with Gasteiger partial charge in [0.05, 0.1) is 30.9 Å². The summed E-state index contributed by atoms with van der Waals surface area (Å²) in [7, 11) is 3.05. The van der Waals surface area contributed by atoms with Crippen molar-refractivity contribution < 1.29 is 38.0 Å². The van der Waals surface area contributed by atoms with Gasteiger partial charge in [-0.05, 0) is 18.6 Å². The summed E-state index contributed by atoms with van der Waals surface area (Å²) in [6, 6.07) is 3.20.